The molecule has 0 aliphatic carbocycles. The van der Waals surface area contributed by atoms with E-state index in [0.717, 1.165) is 5.56 Å². The van der Waals surface area contributed by atoms with Crippen molar-refractivity contribution in [3.05, 3.63) is 70.7 Å². The number of carbonyl (C=O) groups is 2. The summed E-state index contributed by atoms with van der Waals surface area (Å²) in [6.07, 6.45) is 0. The highest BCUT2D eigenvalue weighted by molar-refractivity contribution is 8.01. The van der Waals surface area contributed by atoms with Gasteiger partial charge in [-0.05, 0) is 17.7 Å². The molecule has 0 bridgehead atoms. The Labute approximate surface area is 138 Å². The second-order valence-electron chi connectivity index (χ2n) is 5.06. The van der Waals surface area contributed by atoms with E-state index in [1.165, 1.54) is 11.8 Å². The highest BCUT2D eigenvalue weighted by atomic mass is 35.5. The van der Waals surface area contributed by atoms with Crippen LogP contribution in [0.5, 0.6) is 0 Å². The van der Waals surface area contributed by atoms with E-state index in [9.17, 15) is 9.59 Å². The molecule has 1 aliphatic rings. The van der Waals surface area contributed by atoms with E-state index in [1.807, 2.05) is 30.3 Å². The van der Waals surface area contributed by atoms with Crippen LogP contribution >= 0.6 is 23.4 Å². The molecule has 22 heavy (non-hydrogen) atoms. The zero-order valence-corrected chi connectivity index (χ0v) is 13.2. The fourth-order valence-electron chi connectivity index (χ4n) is 2.47. The van der Waals surface area contributed by atoms with Crippen molar-refractivity contribution in [2.24, 2.45) is 0 Å². The van der Waals surface area contributed by atoms with Gasteiger partial charge in [0.1, 0.15) is 0 Å². The number of nitrogens with one attached hydrogen (secondary N) is 1. The maximum Gasteiger partial charge on any atom is 0.230 e. The Kier molecular flexibility index (Phi) is 4.50. The molecule has 1 amide bonds. The van der Waals surface area contributed by atoms with Gasteiger partial charge < -0.3 is 5.32 Å². The Morgan fingerprint density at radius 2 is 1.77 bits per heavy atom. The molecule has 1 N–H and O–H groups in total. The van der Waals surface area contributed by atoms with Crippen LogP contribution in [-0.4, -0.2) is 22.7 Å². The third-order valence-electron chi connectivity index (χ3n) is 3.56. The van der Waals surface area contributed by atoms with Crippen molar-refractivity contribution in [1.82, 2.24) is 5.32 Å². The Hall–Kier alpha value is -1.78. The summed E-state index contributed by atoms with van der Waals surface area (Å²) in [5.74, 6) is 0.278. The quantitative estimate of drug-likeness (QED) is 0.876. The first-order valence-electron chi connectivity index (χ1n) is 6.91. The van der Waals surface area contributed by atoms with Crippen molar-refractivity contribution in [1.29, 1.82) is 0 Å². The van der Waals surface area contributed by atoms with Crippen LogP contribution in [0.1, 0.15) is 22.0 Å². The normalized spacial score (nSPS) is 21.2. The van der Waals surface area contributed by atoms with Gasteiger partial charge in [-0.15, -0.1) is 11.8 Å². The summed E-state index contributed by atoms with van der Waals surface area (Å²) in [5, 5.41) is 3.23. The number of Topliss-reactive ketones (excluding diaryl/α,β-unsaturated/α-hetero) is 1. The van der Waals surface area contributed by atoms with Crippen molar-refractivity contribution >= 4 is 35.1 Å². The Balaban J connectivity index is 1.92. The minimum absolute atomic E-state index is 0.0329. The molecular weight excluding hydrogens is 318 g/mol. The number of hydrogen-bond donors (Lipinski definition) is 1. The second-order valence-corrected chi connectivity index (χ2v) is 6.62. The maximum atomic E-state index is 12.8. The lowest BCUT2D eigenvalue weighted by Gasteiger charge is -2.31. The van der Waals surface area contributed by atoms with Gasteiger partial charge in [-0.25, -0.2) is 0 Å². The Morgan fingerprint density at radius 1 is 1.09 bits per heavy atom. The van der Waals surface area contributed by atoms with E-state index in [4.69, 9.17) is 11.6 Å². The molecule has 1 fully saturated rings. The third kappa shape index (κ3) is 3.18. The lowest BCUT2D eigenvalue weighted by molar-refractivity contribution is -0.119. The molecule has 0 aromatic heterocycles. The average molecular weight is 332 g/mol. The van der Waals surface area contributed by atoms with Gasteiger partial charge in [-0.1, -0.05) is 54.1 Å². The van der Waals surface area contributed by atoms with Gasteiger partial charge >= 0.3 is 0 Å². The second kappa shape index (κ2) is 6.55. The van der Waals surface area contributed by atoms with E-state index in [-0.39, 0.29) is 23.0 Å². The van der Waals surface area contributed by atoms with Crippen molar-refractivity contribution in [3.8, 4) is 0 Å². The SMILES string of the molecule is O=C1CS[C@H](C(=O)c2ccccc2)[C@@H](c2ccc(Cl)cc2)N1. The van der Waals surface area contributed by atoms with Gasteiger partial charge in [0.25, 0.3) is 0 Å². The average Bonchev–Trinajstić information content (AvgIpc) is 2.56. The number of benzene rings is 2. The minimum Gasteiger partial charge on any atom is -0.347 e. The van der Waals surface area contributed by atoms with Crippen LogP contribution in [-0.2, 0) is 4.79 Å². The zero-order chi connectivity index (χ0) is 15.5. The lowest BCUT2D eigenvalue weighted by atomic mass is 9.97. The highest BCUT2D eigenvalue weighted by Crippen LogP contribution is 2.33. The summed E-state index contributed by atoms with van der Waals surface area (Å²) in [7, 11) is 0. The Bertz CT molecular complexity index is 688. The first-order valence-corrected chi connectivity index (χ1v) is 8.33. The molecule has 3 nitrogen and oxygen atoms in total. The van der Waals surface area contributed by atoms with Crippen molar-refractivity contribution < 1.29 is 9.59 Å². The van der Waals surface area contributed by atoms with Crippen LogP contribution in [0.4, 0.5) is 0 Å². The molecule has 2 aromatic carbocycles. The van der Waals surface area contributed by atoms with E-state index >= 15 is 0 Å². The van der Waals surface area contributed by atoms with Crippen LogP contribution in [0.3, 0.4) is 0 Å². The predicted octanol–water partition coefficient (Wildman–Crippen LogP) is 3.50. The van der Waals surface area contributed by atoms with Gasteiger partial charge in [-0.2, -0.15) is 0 Å². The monoisotopic (exact) mass is 331 g/mol. The van der Waals surface area contributed by atoms with Crippen LogP contribution in [0, 0.1) is 0 Å². The smallest absolute Gasteiger partial charge is 0.230 e. The van der Waals surface area contributed by atoms with Gasteiger partial charge in [0, 0.05) is 10.6 Å². The van der Waals surface area contributed by atoms with Gasteiger partial charge in [-0.3, -0.25) is 9.59 Å². The lowest BCUT2D eigenvalue weighted by Crippen LogP contribution is -2.44. The summed E-state index contributed by atoms with van der Waals surface area (Å²) in [4.78, 5) is 24.5. The fourth-order valence-corrected chi connectivity index (χ4v) is 3.72. The molecule has 2 atom stereocenters. The van der Waals surface area contributed by atoms with Crippen LogP contribution in [0.15, 0.2) is 54.6 Å². The number of rotatable bonds is 3. The number of halogens is 1. The van der Waals surface area contributed by atoms with Crippen LogP contribution in [0.25, 0.3) is 0 Å². The number of hydrogen-bond acceptors (Lipinski definition) is 3. The summed E-state index contributed by atoms with van der Waals surface area (Å²) in [6.45, 7) is 0. The largest absolute Gasteiger partial charge is 0.347 e. The van der Waals surface area contributed by atoms with Crippen LogP contribution < -0.4 is 5.32 Å². The molecule has 0 unspecified atom stereocenters. The summed E-state index contributed by atoms with van der Waals surface area (Å²) in [5.41, 5.74) is 1.55. The first kappa shape index (κ1) is 15.1. The minimum atomic E-state index is -0.337. The van der Waals surface area contributed by atoms with Gasteiger partial charge in [0.15, 0.2) is 5.78 Å². The molecule has 3 rings (SSSR count). The number of thioether (sulfide) groups is 1. The molecule has 0 spiro atoms. The molecule has 1 saturated heterocycles. The maximum absolute atomic E-state index is 12.8. The van der Waals surface area contributed by atoms with E-state index in [2.05, 4.69) is 5.32 Å². The van der Waals surface area contributed by atoms with E-state index in [1.54, 1.807) is 24.3 Å². The number of amides is 1. The van der Waals surface area contributed by atoms with Gasteiger partial charge in [0.05, 0.1) is 17.0 Å². The topological polar surface area (TPSA) is 46.2 Å². The summed E-state index contributed by atoms with van der Waals surface area (Å²) in [6, 6.07) is 16.1. The van der Waals surface area contributed by atoms with E-state index in [0.29, 0.717) is 16.3 Å². The molecule has 1 heterocycles. The first-order chi connectivity index (χ1) is 10.6. The highest BCUT2D eigenvalue weighted by Gasteiger charge is 2.35. The summed E-state index contributed by atoms with van der Waals surface area (Å²) >= 11 is 7.30. The van der Waals surface area contributed by atoms with E-state index < -0.39 is 0 Å². The molecule has 2 aromatic rings. The van der Waals surface area contributed by atoms with Crippen LogP contribution in [0.2, 0.25) is 5.02 Å². The van der Waals surface area contributed by atoms with Gasteiger partial charge in [0.2, 0.25) is 5.91 Å². The molecule has 112 valence electrons. The number of carbonyl (C=O) groups excluding carboxylic acids is 2. The number of ketones is 1. The molecule has 0 saturated carbocycles. The fraction of sp³-hybridized carbons (Fsp3) is 0.176. The standard InChI is InChI=1S/C17H14ClNO2S/c18-13-8-6-11(7-9-13)15-17(22-10-14(20)19-15)16(21)12-4-2-1-3-5-12/h1-9,15,17H,10H2,(H,19,20)/t15-,17+/m1/s1. The molecule has 1 aliphatic heterocycles. The summed E-state index contributed by atoms with van der Waals surface area (Å²) < 4.78 is 0. The van der Waals surface area contributed by atoms with Crippen molar-refractivity contribution in [3.63, 3.8) is 0 Å². The van der Waals surface area contributed by atoms with Crippen molar-refractivity contribution in [2.75, 3.05) is 5.75 Å². The molecule has 0 radical (unpaired) electrons. The molecular formula is C17H14ClNO2S. The third-order valence-corrected chi connectivity index (χ3v) is 5.09. The zero-order valence-electron chi connectivity index (χ0n) is 11.7. The molecule has 5 heteroatoms. The Morgan fingerprint density at radius 3 is 2.45 bits per heavy atom. The van der Waals surface area contributed by atoms with Crippen molar-refractivity contribution in [2.45, 2.75) is 11.3 Å². The predicted molar refractivity (Wildman–Crippen MR) is 89.4 cm³/mol.